The minimum atomic E-state index is 0.0345. The number of imidazole rings is 1. The molecule has 2 heterocycles. The third-order valence-corrected chi connectivity index (χ3v) is 4.24. The number of hydrogen-bond acceptors (Lipinski definition) is 4. The quantitative estimate of drug-likeness (QED) is 0.760. The van der Waals surface area contributed by atoms with E-state index in [9.17, 15) is 0 Å². The van der Waals surface area contributed by atoms with Gasteiger partial charge >= 0.3 is 0 Å². The van der Waals surface area contributed by atoms with E-state index in [1.807, 2.05) is 13.1 Å². The van der Waals surface area contributed by atoms with Gasteiger partial charge in [0.2, 0.25) is 0 Å². The van der Waals surface area contributed by atoms with Gasteiger partial charge in [0.25, 0.3) is 0 Å². The highest BCUT2D eigenvalue weighted by Crippen LogP contribution is 2.24. The minimum absolute atomic E-state index is 0.0345. The Labute approximate surface area is 128 Å². The molecule has 110 valence electrons. The van der Waals surface area contributed by atoms with Crippen LogP contribution in [0.2, 0.25) is 0 Å². The third-order valence-electron chi connectivity index (χ3n) is 3.33. The second-order valence-electron chi connectivity index (χ2n) is 6.27. The van der Waals surface area contributed by atoms with Crippen molar-refractivity contribution >= 4 is 28.1 Å². The molecule has 0 saturated carbocycles. The molecule has 0 radical (unpaired) electrons. The van der Waals surface area contributed by atoms with E-state index in [1.54, 1.807) is 11.3 Å². The standard InChI is InChI=1S/C16H20N4S/c1-10-17-8-12(21-10)9-18-11-5-6-13-14(7-11)20-15(19-13)16(2,3)4/h5-8,18H,9H2,1-4H3,(H,19,20). The van der Waals surface area contributed by atoms with Gasteiger partial charge in [0.15, 0.2) is 0 Å². The average Bonchev–Trinajstić information content (AvgIpc) is 3.01. The van der Waals surface area contributed by atoms with Crippen LogP contribution in [0.25, 0.3) is 11.0 Å². The Hall–Kier alpha value is -1.88. The first-order valence-corrected chi connectivity index (χ1v) is 7.89. The normalized spacial score (nSPS) is 12.0. The molecule has 0 atom stereocenters. The predicted octanol–water partition coefficient (Wildman–Crippen LogP) is 4.24. The van der Waals surface area contributed by atoms with Crippen LogP contribution in [-0.2, 0) is 12.0 Å². The van der Waals surface area contributed by atoms with Gasteiger partial charge in [0.05, 0.1) is 22.6 Å². The molecule has 4 nitrogen and oxygen atoms in total. The summed E-state index contributed by atoms with van der Waals surface area (Å²) in [6.07, 6.45) is 1.93. The van der Waals surface area contributed by atoms with Gasteiger partial charge in [0, 0.05) is 22.2 Å². The summed E-state index contributed by atoms with van der Waals surface area (Å²) in [4.78, 5) is 13.6. The van der Waals surface area contributed by atoms with Crippen LogP contribution in [0.5, 0.6) is 0 Å². The second-order valence-corrected chi connectivity index (χ2v) is 7.59. The average molecular weight is 300 g/mol. The fourth-order valence-corrected chi connectivity index (χ4v) is 2.89. The Morgan fingerprint density at radius 1 is 1.29 bits per heavy atom. The van der Waals surface area contributed by atoms with Gasteiger partial charge in [-0.2, -0.15) is 0 Å². The van der Waals surface area contributed by atoms with Gasteiger partial charge in [-0.25, -0.2) is 9.97 Å². The molecule has 0 aliphatic heterocycles. The summed E-state index contributed by atoms with van der Waals surface area (Å²) in [5.74, 6) is 1.02. The fraction of sp³-hybridized carbons (Fsp3) is 0.375. The summed E-state index contributed by atoms with van der Waals surface area (Å²) in [6.45, 7) is 9.32. The van der Waals surface area contributed by atoms with E-state index in [0.717, 1.165) is 34.1 Å². The van der Waals surface area contributed by atoms with Crippen molar-refractivity contribution in [1.82, 2.24) is 15.0 Å². The number of aromatic amines is 1. The van der Waals surface area contributed by atoms with E-state index < -0.39 is 0 Å². The highest BCUT2D eigenvalue weighted by Gasteiger charge is 2.18. The molecular formula is C16H20N4S. The van der Waals surface area contributed by atoms with E-state index in [4.69, 9.17) is 0 Å². The third kappa shape index (κ3) is 3.08. The molecule has 21 heavy (non-hydrogen) atoms. The van der Waals surface area contributed by atoms with Crippen LogP contribution in [0.1, 0.15) is 36.5 Å². The lowest BCUT2D eigenvalue weighted by atomic mass is 9.96. The number of aromatic nitrogens is 3. The van der Waals surface area contributed by atoms with Gasteiger partial charge in [-0.05, 0) is 25.1 Å². The molecule has 0 unspecified atom stereocenters. The van der Waals surface area contributed by atoms with Gasteiger partial charge in [-0.15, -0.1) is 11.3 Å². The van der Waals surface area contributed by atoms with Crippen LogP contribution in [0.15, 0.2) is 24.4 Å². The number of rotatable bonds is 3. The van der Waals surface area contributed by atoms with Crippen molar-refractivity contribution in [3.05, 3.63) is 40.1 Å². The van der Waals surface area contributed by atoms with Crippen molar-refractivity contribution in [3.8, 4) is 0 Å². The Kier molecular flexibility index (Phi) is 3.45. The van der Waals surface area contributed by atoms with Gasteiger partial charge in [-0.3, -0.25) is 0 Å². The molecule has 2 aromatic heterocycles. The summed E-state index contributed by atoms with van der Waals surface area (Å²) in [5.41, 5.74) is 3.22. The SMILES string of the molecule is Cc1ncc(CNc2ccc3nc(C(C)(C)C)[nH]c3c2)s1. The maximum absolute atomic E-state index is 4.66. The second kappa shape index (κ2) is 5.15. The molecule has 3 aromatic rings. The lowest BCUT2D eigenvalue weighted by molar-refractivity contribution is 0.554. The van der Waals surface area contributed by atoms with Crippen molar-refractivity contribution in [1.29, 1.82) is 0 Å². The largest absolute Gasteiger partial charge is 0.380 e. The zero-order chi connectivity index (χ0) is 15.0. The Morgan fingerprint density at radius 3 is 2.76 bits per heavy atom. The molecule has 0 saturated heterocycles. The first kappa shape index (κ1) is 14.1. The van der Waals surface area contributed by atoms with Crippen LogP contribution < -0.4 is 5.32 Å². The van der Waals surface area contributed by atoms with Gasteiger partial charge in [0.1, 0.15) is 5.82 Å². The van der Waals surface area contributed by atoms with Gasteiger partial charge in [-0.1, -0.05) is 20.8 Å². The van der Waals surface area contributed by atoms with Crippen LogP contribution in [0.3, 0.4) is 0 Å². The van der Waals surface area contributed by atoms with Crippen molar-refractivity contribution in [2.75, 3.05) is 5.32 Å². The molecule has 0 aliphatic rings. The topological polar surface area (TPSA) is 53.6 Å². The Morgan fingerprint density at radius 2 is 2.10 bits per heavy atom. The summed E-state index contributed by atoms with van der Waals surface area (Å²) in [7, 11) is 0. The van der Waals surface area contributed by atoms with E-state index in [2.05, 4.69) is 59.2 Å². The summed E-state index contributed by atoms with van der Waals surface area (Å²) in [6, 6.07) is 6.25. The summed E-state index contributed by atoms with van der Waals surface area (Å²) >= 11 is 1.72. The zero-order valence-corrected chi connectivity index (χ0v) is 13.6. The van der Waals surface area contributed by atoms with Crippen LogP contribution in [-0.4, -0.2) is 15.0 Å². The molecule has 5 heteroatoms. The Bertz CT molecular complexity index is 764. The molecule has 0 fully saturated rings. The molecule has 1 aromatic carbocycles. The maximum atomic E-state index is 4.66. The minimum Gasteiger partial charge on any atom is -0.380 e. The van der Waals surface area contributed by atoms with E-state index in [0.29, 0.717) is 0 Å². The number of nitrogens with zero attached hydrogens (tertiary/aromatic N) is 2. The summed E-state index contributed by atoms with van der Waals surface area (Å²) in [5, 5.41) is 4.54. The number of H-pyrrole nitrogens is 1. The smallest absolute Gasteiger partial charge is 0.112 e. The molecule has 0 spiro atoms. The van der Waals surface area contributed by atoms with Crippen molar-refractivity contribution in [2.45, 2.75) is 39.7 Å². The number of aryl methyl sites for hydroxylation is 1. The first-order chi connectivity index (χ1) is 9.91. The summed E-state index contributed by atoms with van der Waals surface area (Å²) < 4.78 is 0. The number of anilines is 1. The Balaban J connectivity index is 1.80. The molecule has 0 amide bonds. The maximum Gasteiger partial charge on any atom is 0.112 e. The molecule has 0 bridgehead atoms. The fourth-order valence-electron chi connectivity index (χ4n) is 2.15. The van der Waals surface area contributed by atoms with Gasteiger partial charge < -0.3 is 10.3 Å². The monoisotopic (exact) mass is 300 g/mol. The van der Waals surface area contributed by atoms with E-state index >= 15 is 0 Å². The van der Waals surface area contributed by atoms with E-state index in [1.165, 1.54) is 4.88 Å². The van der Waals surface area contributed by atoms with Crippen molar-refractivity contribution in [2.24, 2.45) is 0 Å². The van der Waals surface area contributed by atoms with Crippen LogP contribution in [0.4, 0.5) is 5.69 Å². The number of benzene rings is 1. The highest BCUT2D eigenvalue weighted by molar-refractivity contribution is 7.11. The number of fused-ring (bicyclic) bond motifs is 1. The zero-order valence-electron chi connectivity index (χ0n) is 12.8. The first-order valence-electron chi connectivity index (χ1n) is 7.07. The van der Waals surface area contributed by atoms with E-state index in [-0.39, 0.29) is 5.41 Å². The molecular weight excluding hydrogens is 280 g/mol. The molecule has 3 rings (SSSR count). The highest BCUT2D eigenvalue weighted by atomic mass is 32.1. The predicted molar refractivity (Wildman–Crippen MR) is 89.0 cm³/mol. The lowest BCUT2D eigenvalue weighted by Gasteiger charge is -2.13. The lowest BCUT2D eigenvalue weighted by Crippen LogP contribution is -2.12. The van der Waals surface area contributed by atoms with Crippen LogP contribution >= 0.6 is 11.3 Å². The molecule has 0 aliphatic carbocycles. The number of thiazole rings is 1. The number of hydrogen-bond donors (Lipinski definition) is 2. The van der Waals surface area contributed by atoms with Crippen LogP contribution in [0, 0.1) is 6.92 Å². The van der Waals surface area contributed by atoms with Crippen molar-refractivity contribution in [3.63, 3.8) is 0 Å². The molecule has 2 N–H and O–H groups in total. The van der Waals surface area contributed by atoms with Crippen molar-refractivity contribution < 1.29 is 0 Å². The number of nitrogens with one attached hydrogen (secondary N) is 2.